The van der Waals surface area contributed by atoms with Gasteiger partial charge in [0, 0.05) is 6.04 Å². The van der Waals surface area contributed by atoms with Crippen molar-refractivity contribution in [2.75, 3.05) is 0 Å². The second kappa shape index (κ2) is 8.78. The number of aromatic nitrogens is 2. The second-order valence-corrected chi connectivity index (χ2v) is 8.87. The van der Waals surface area contributed by atoms with Gasteiger partial charge >= 0.3 is 0 Å². The maximum Gasteiger partial charge on any atom is 0.262 e. The van der Waals surface area contributed by atoms with Gasteiger partial charge in [-0.3, -0.25) is 14.2 Å². The molecule has 0 aliphatic heterocycles. The first-order valence-corrected chi connectivity index (χ1v) is 10.4. The zero-order chi connectivity index (χ0) is 21.1. The number of rotatable bonds is 7. The highest BCUT2D eigenvalue weighted by Crippen LogP contribution is 2.27. The number of carbonyl (C=O) groups is 1. The molecule has 0 aliphatic carbocycles. The van der Waals surface area contributed by atoms with Crippen molar-refractivity contribution in [1.29, 1.82) is 5.26 Å². The van der Waals surface area contributed by atoms with E-state index in [0.29, 0.717) is 16.1 Å². The minimum atomic E-state index is -0.945. The van der Waals surface area contributed by atoms with Crippen LogP contribution in [0.2, 0.25) is 0 Å². The molecule has 3 atom stereocenters. The van der Waals surface area contributed by atoms with Gasteiger partial charge in [-0.1, -0.05) is 44.7 Å². The molecule has 1 aromatic heterocycles. The molecule has 1 N–H and O–H groups in total. The summed E-state index contributed by atoms with van der Waals surface area (Å²) in [5.74, 6) is -0.281. The molecule has 150 valence electrons. The van der Waals surface area contributed by atoms with E-state index in [-0.39, 0.29) is 23.4 Å². The third-order valence-corrected chi connectivity index (χ3v) is 6.29. The van der Waals surface area contributed by atoms with Gasteiger partial charge < -0.3 is 5.32 Å². The third-order valence-electron chi connectivity index (χ3n) is 5.23. The number of hydrogen-bond acceptors (Lipinski definition) is 5. The van der Waals surface area contributed by atoms with Crippen molar-refractivity contribution < 1.29 is 4.79 Å². The largest absolute Gasteiger partial charge is 0.337 e. The van der Waals surface area contributed by atoms with Crippen molar-refractivity contribution in [3.8, 4) is 6.07 Å². The van der Waals surface area contributed by atoms with Gasteiger partial charge in [0.05, 0.1) is 22.2 Å². The number of benzene rings is 1. The molecule has 1 amide bonds. The van der Waals surface area contributed by atoms with E-state index < -0.39 is 10.8 Å². The van der Waals surface area contributed by atoms with Gasteiger partial charge in [0.25, 0.3) is 5.56 Å². The average Bonchev–Trinajstić information content (AvgIpc) is 2.67. The highest BCUT2D eigenvalue weighted by molar-refractivity contribution is 8.00. The van der Waals surface area contributed by atoms with Crippen molar-refractivity contribution in [1.82, 2.24) is 14.9 Å². The molecule has 2 rings (SSSR count). The Labute approximate surface area is 170 Å². The fourth-order valence-corrected chi connectivity index (χ4v) is 3.66. The fourth-order valence-electron chi connectivity index (χ4n) is 2.65. The van der Waals surface area contributed by atoms with Crippen molar-refractivity contribution in [3.05, 3.63) is 34.6 Å². The molecule has 2 aromatic rings. The lowest BCUT2D eigenvalue weighted by molar-refractivity contribution is -0.121. The van der Waals surface area contributed by atoms with Crippen molar-refractivity contribution in [2.24, 2.45) is 5.92 Å². The monoisotopic (exact) mass is 400 g/mol. The van der Waals surface area contributed by atoms with Gasteiger partial charge in [-0.15, -0.1) is 0 Å². The molecule has 0 aliphatic rings. The summed E-state index contributed by atoms with van der Waals surface area (Å²) in [6.07, 6.45) is 0.772. The first-order valence-electron chi connectivity index (χ1n) is 9.55. The maximum atomic E-state index is 13.0. The predicted molar refractivity (Wildman–Crippen MR) is 113 cm³/mol. The Morgan fingerprint density at radius 2 is 1.96 bits per heavy atom. The summed E-state index contributed by atoms with van der Waals surface area (Å²) in [4.78, 5) is 30.4. The van der Waals surface area contributed by atoms with E-state index in [9.17, 15) is 14.9 Å². The minimum Gasteiger partial charge on any atom is -0.337 e. The normalized spacial score (nSPS) is 15.6. The van der Waals surface area contributed by atoms with E-state index in [0.717, 1.165) is 6.42 Å². The number of nitrogens with zero attached hydrogens (tertiary/aromatic N) is 3. The third kappa shape index (κ3) is 4.39. The number of hydrogen-bond donors (Lipinski definition) is 1. The number of amides is 1. The summed E-state index contributed by atoms with van der Waals surface area (Å²) < 4.78 is 1.67. The Kier molecular flexibility index (Phi) is 6.89. The second-order valence-electron chi connectivity index (χ2n) is 7.56. The van der Waals surface area contributed by atoms with E-state index in [2.05, 4.69) is 16.4 Å². The molecule has 28 heavy (non-hydrogen) atoms. The van der Waals surface area contributed by atoms with Gasteiger partial charge in [-0.05, 0) is 45.2 Å². The molecule has 0 spiro atoms. The molecule has 0 radical (unpaired) electrons. The van der Waals surface area contributed by atoms with Crippen LogP contribution in [0.1, 0.15) is 54.0 Å². The van der Waals surface area contributed by atoms with Crippen LogP contribution in [0.15, 0.2) is 34.2 Å². The van der Waals surface area contributed by atoms with Gasteiger partial charge in [-0.25, -0.2) is 4.98 Å². The van der Waals surface area contributed by atoms with Crippen LogP contribution in [-0.4, -0.2) is 26.2 Å². The fraction of sp³-hybridized carbons (Fsp3) is 0.524. The van der Waals surface area contributed by atoms with Crippen LogP contribution >= 0.6 is 11.8 Å². The topological polar surface area (TPSA) is 87.8 Å². The summed E-state index contributed by atoms with van der Waals surface area (Å²) in [5.41, 5.74) is -0.427. The standard InChI is InChI=1S/C21H28N4O2S/c1-7-14(4)25-19(27)16-10-8-9-11-17(16)23-20(25)28-15(5)18(26)24-21(6,12-22)13(2)3/h8-11,13-15H,7H2,1-6H3,(H,24,26)/t14-,15-,21-/m0/s1. The summed E-state index contributed by atoms with van der Waals surface area (Å²) >= 11 is 1.24. The van der Waals surface area contributed by atoms with Crippen LogP contribution in [0.4, 0.5) is 0 Å². The minimum absolute atomic E-state index is 0.0317. The van der Waals surface area contributed by atoms with Crippen LogP contribution in [0, 0.1) is 17.2 Å². The Morgan fingerprint density at radius 3 is 2.54 bits per heavy atom. The molecule has 7 heteroatoms. The van der Waals surface area contributed by atoms with Gasteiger partial charge in [0.1, 0.15) is 5.54 Å². The van der Waals surface area contributed by atoms with Crippen molar-refractivity contribution in [2.45, 2.75) is 70.0 Å². The van der Waals surface area contributed by atoms with Crippen LogP contribution < -0.4 is 10.9 Å². The Bertz CT molecular complexity index is 963. The lowest BCUT2D eigenvalue weighted by atomic mass is 9.90. The van der Waals surface area contributed by atoms with Crippen LogP contribution in [-0.2, 0) is 4.79 Å². The van der Waals surface area contributed by atoms with Crippen molar-refractivity contribution >= 4 is 28.6 Å². The highest BCUT2D eigenvalue weighted by Gasteiger charge is 2.32. The number of carbonyl (C=O) groups excluding carboxylic acids is 1. The Balaban J connectivity index is 2.41. The van der Waals surface area contributed by atoms with Gasteiger partial charge in [-0.2, -0.15) is 5.26 Å². The molecular weight excluding hydrogens is 372 g/mol. The van der Waals surface area contributed by atoms with E-state index in [1.54, 1.807) is 30.5 Å². The summed E-state index contributed by atoms with van der Waals surface area (Å²) in [6, 6.07) is 9.39. The first kappa shape index (κ1) is 22.0. The van der Waals surface area contributed by atoms with Gasteiger partial charge in [0.2, 0.25) is 5.91 Å². The quantitative estimate of drug-likeness (QED) is 0.562. The Morgan fingerprint density at radius 1 is 1.32 bits per heavy atom. The Hall–Kier alpha value is -2.33. The molecule has 0 saturated carbocycles. The number of para-hydroxylation sites is 1. The van der Waals surface area contributed by atoms with Crippen LogP contribution in [0.5, 0.6) is 0 Å². The van der Waals surface area contributed by atoms with Crippen LogP contribution in [0.25, 0.3) is 10.9 Å². The molecule has 1 aromatic carbocycles. The van der Waals surface area contributed by atoms with Gasteiger partial charge in [0.15, 0.2) is 5.16 Å². The predicted octanol–water partition coefficient (Wildman–Crippen LogP) is 3.90. The highest BCUT2D eigenvalue weighted by atomic mass is 32.2. The molecule has 0 fully saturated rings. The number of nitrogens with one attached hydrogen (secondary N) is 1. The van der Waals surface area contributed by atoms with Crippen LogP contribution in [0.3, 0.4) is 0 Å². The van der Waals surface area contributed by atoms with E-state index in [1.807, 2.05) is 39.8 Å². The number of fused-ring (bicyclic) bond motifs is 1. The van der Waals surface area contributed by atoms with E-state index in [4.69, 9.17) is 0 Å². The zero-order valence-electron chi connectivity index (χ0n) is 17.3. The van der Waals surface area contributed by atoms with Crippen molar-refractivity contribution in [3.63, 3.8) is 0 Å². The summed E-state index contributed by atoms with van der Waals surface area (Å²) in [7, 11) is 0. The number of thioether (sulfide) groups is 1. The molecule has 1 heterocycles. The lowest BCUT2D eigenvalue weighted by Gasteiger charge is -2.29. The molecule has 0 unspecified atom stereocenters. The summed E-state index contributed by atoms with van der Waals surface area (Å²) in [6.45, 7) is 11.3. The van der Waals surface area contributed by atoms with E-state index >= 15 is 0 Å². The first-order chi connectivity index (χ1) is 13.1. The molecule has 0 bridgehead atoms. The summed E-state index contributed by atoms with van der Waals surface area (Å²) in [5, 5.41) is 12.9. The van der Waals surface area contributed by atoms with E-state index in [1.165, 1.54) is 11.8 Å². The zero-order valence-corrected chi connectivity index (χ0v) is 18.1. The average molecular weight is 401 g/mol. The molecular formula is C21H28N4O2S. The lowest BCUT2D eigenvalue weighted by Crippen LogP contribution is -2.51. The smallest absolute Gasteiger partial charge is 0.262 e. The number of nitriles is 1. The maximum absolute atomic E-state index is 13.0. The molecule has 6 nitrogen and oxygen atoms in total. The molecule has 0 saturated heterocycles. The SMILES string of the molecule is CC[C@H](C)n1c(S[C@@H](C)C(=O)N[C@@](C)(C#N)C(C)C)nc2ccccc2c1=O.